The molecule has 0 fully saturated rings. The summed E-state index contributed by atoms with van der Waals surface area (Å²) in [6.07, 6.45) is 5.98. The fraction of sp³-hybridized carbons (Fsp3) is 0.773. The van der Waals surface area contributed by atoms with Gasteiger partial charge in [0.1, 0.15) is 0 Å². The molecule has 0 amide bonds. The molecular formula is C22H40Na2O14S. The topological polar surface area (TPSA) is 261 Å². The Morgan fingerprint density at radius 2 is 0.923 bits per heavy atom. The van der Waals surface area contributed by atoms with E-state index in [4.69, 9.17) is 30.6 Å². The quantitative estimate of drug-likeness (QED) is 0.0578. The van der Waals surface area contributed by atoms with Crippen molar-refractivity contribution in [3.05, 3.63) is 0 Å². The first-order valence-corrected chi connectivity index (χ1v) is 13.2. The van der Waals surface area contributed by atoms with Crippen LogP contribution in [-0.2, 0) is 34.1 Å². The third-order valence-corrected chi connectivity index (χ3v) is 7.05. The number of aliphatic hydroxyl groups is 1. The zero-order valence-electron chi connectivity index (χ0n) is 20.8. The summed E-state index contributed by atoms with van der Waals surface area (Å²) in [5.74, 6) is -8.40. The van der Waals surface area contributed by atoms with Gasteiger partial charge in [-0.15, -0.1) is 0 Å². The number of carbonyl (C=O) groups is 5. The molecule has 39 heavy (non-hydrogen) atoms. The van der Waals surface area contributed by atoms with E-state index >= 15 is 0 Å². The molecule has 0 saturated carbocycles. The molecule has 0 spiro atoms. The van der Waals surface area contributed by atoms with Crippen LogP contribution in [0.25, 0.3) is 0 Å². The normalized spacial score (nSPS) is 12.4. The Kier molecular flexibility index (Phi) is 26.5. The van der Waals surface area contributed by atoms with E-state index in [-0.39, 0.29) is 65.5 Å². The van der Waals surface area contributed by atoms with Crippen LogP contribution >= 0.6 is 0 Å². The summed E-state index contributed by atoms with van der Waals surface area (Å²) in [6, 6.07) is 0. The van der Waals surface area contributed by atoms with E-state index in [2.05, 4.69) is 6.92 Å². The third-order valence-electron chi connectivity index (χ3n) is 5.54. The van der Waals surface area contributed by atoms with Crippen LogP contribution in [0.3, 0.4) is 0 Å². The summed E-state index contributed by atoms with van der Waals surface area (Å²) < 4.78 is 29.4. The van der Waals surface area contributed by atoms with Gasteiger partial charge in [0.05, 0.1) is 19.3 Å². The van der Waals surface area contributed by atoms with E-state index in [0.29, 0.717) is 6.42 Å². The monoisotopic (exact) mass is 606 g/mol. The third kappa shape index (κ3) is 19.9. The van der Waals surface area contributed by atoms with Crippen molar-refractivity contribution in [1.82, 2.24) is 0 Å². The Hall–Kier alpha value is -0.780. The first-order chi connectivity index (χ1) is 16.9. The number of hydrogen-bond acceptors (Lipinski definition) is 8. The van der Waals surface area contributed by atoms with E-state index in [1.165, 1.54) is 25.7 Å². The van der Waals surface area contributed by atoms with E-state index in [0.717, 1.165) is 25.7 Å². The Morgan fingerprint density at radius 3 is 1.18 bits per heavy atom. The maximum absolute atomic E-state index is 11.4. The molecule has 0 aromatic heterocycles. The van der Waals surface area contributed by atoms with Crippen LogP contribution in [-0.4, -0.2) is 143 Å². The number of hydrogen-bond donors (Lipinski definition) is 7. The van der Waals surface area contributed by atoms with Gasteiger partial charge in [-0.25, -0.2) is 4.79 Å². The van der Waals surface area contributed by atoms with Gasteiger partial charge in [0.2, 0.25) is 4.75 Å². The molecule has 0 aliphatic rings. The van der Waals surface area contributed by atoms with Crippen LogP contribution in [0.15, 0.2) is 0 Å². The number of aliphatic carboxylic acids is 5. The zero-order chi connectivity index (χ0) is 29.3. The summed E-state index contributed by atoms with van der Waals surface area (Å²) in [7, 11) is -5.01. The fourth-order valence-electron chi connectivity index (χ4n) is 3.46. The average molecular weight is 607 g/mol. The predicted octanol–water partition coefficient (Wildman–Crippen LogP) is 0.938. The molecule has 0 aromatic carbocycles. The van der Waals surface area contributed by atoms with Gasteiger partial charge in [-0.1, -0.05) is 71.1 Å². The standard InChI is InChI=1S/C16H30O7S.C6H8O7.2Na.2H/c1-2-3-4-5-6-7-8-9-10-11-12-16(15(19)20,13-14(17)18)24(21,22)23;7-3(8)1-6(13,5(11)12)2-4(9)10;;;;/h2-13H2,1H3,(H,17,18)(H,19,20)(H,21,22,23);13H,1-2H2,(H,7,8)(H,9,10)(H,11,12);;;;. The summed E-state index contributed by atoms with van der Waals surface area (Å²) >= 11 is 0. The van der Waals surface area contributed by atoms with Crippen LogP contribution in [0.4, 0.5) is 0 Å². The number of rotatable bonds is 20. The molecule has 0 saturated heterocycles. The summed E-state index contributed by atoms with van der Waals surface area (Å²) in [5, 5.41) is 51.7. The molecule has 0 aliphatic carbocycles. The number of unbranched alkanes of at least 4 members (excludes halogenated alkanes) is 9. The van der Waals surface area contributed by atoms with Gasteiger partial charge in [0.25, 0.3) is 10.1 Å². The second-order valence-electron chi connectivity index (χ2n) is 8.75. The zero-order valence-corrected chi connectivity index (χ0v) is 21.6. The molecule has 14 nitrogen and oxygen atoms in total. The van der Waals surface area contributed by atoms with Gasteiger partial charge in [-0.2, -0.15) is 8.42 Å². The Balaban J connectivity index is -0.000000349. The molecular weight excluding hydrogens is 566 g/mol. The molecule has 0 bridgehead atoms. The van der Waals surface area contributed by atoms with Crippen molar-refractivity contribution in [1.29, 1.82) is 0 Å². The molecule has 17 heteroatoms. The van der Waals surface area contributed by atoms with Crippen molar-refractivity contribution in [3.63, 3.8) is 0 Å². The summed E-state index contributed by atoms with van der Waals surface area (Å²) in [6.45, 7) is 2.16. The van der Waals surface area contributed by atoms with E-state index in [1.807, 2.05) is 0 Å². The van der Waals surface area contributed by atoms with E-state index in [1.54, 1.807) is 0 Å². The first-order valence-electron chi connectivity index (χ1n) is 11.8. The van der Waals surface area contributed by atoms with Gasteiger partial charge in [-0.05, 0) is 6.42 Å². The second-order valence-corrected chi connectivity index (χ2v) is 10.5. The van der Waals surface area contributed by atoms with Crippen molar-refractivity contribution in [3.8, 4) is 0 Å². The summed E-state index contributed by atoms with van der Waals surface area (Å²) in [5.41, 5.74) is -2.74. The molecule has 0 rings (SSSR count). The second kappa shape index (κ2) is 22.9. The molecule has 0 aliphatic heterocycles. The van der Waals surface area contributed by atoms with E-state index < -0.39 is 76.0 Å². The number of carboxylic acid groups (broad SMARTS) is 5. The van der Waals surface area contributed by atoms with Crippen molar-refractivity contribution < 1.29 is 67.6 Å². The Labute approximate surface area is 271 Å². The van der Waals surface area contributed by atoms with Crippen molar-refractivity contribution in [2.45, 2.75) is 107 Å². The Bertz CT molecular complexity index is 862. The van der Waals surface area contributed by atoms with Crippen LogP contribution in [0.1, 0.15) is 96.8 Å². The number of carboxylic acids is 5. The van der Waals surface area contributed by atoms with E-state index in [9.17, 15) is 36.9 Å². The van der Waals surface area contributed by atoms with Gasteiger partial charge < -0.3 is 30.6 Å². The van der Waals surface area contributed by atoms with Crippen LogP contribution in [0.5, 0.6) is 0 Å². The SMILES string of the molecule is CCCCCCCCCCCCC(CC(=O)O)(C(=O)O)S(=O)(=O)O.O=C(O)CC(O)(CC(=O)O)C(=O)O.[NaH].[NaH]. The minimum absolute atomic E-state index is 0. The van der Waals surface area contributed by atoms with Crippen LogP contribution in [0.2, 0.25) is 0 Å². The molecule has 220 valence electrons. The summed E-state index contributed by atoms with van der Waals surface area (Å²) in [4.78, 5) is 52.6. The van der Waals surface area contributed by atoms with Gasteiger partial charge >= 0.3 is 89.0 Å². The van der Waals surface area contributed by atoms with Crippen LogP contribution < -0.4 is 0 Å². The molecule has 0 aromatic rings. The van der Waals surface area contributed by atoms with Gasteiger partial charge in [-0.3, -0.25) is 23.7 Å². The molecule has 0 heterocycles. The molecule has 1 unspecified atom stereocenters. The van der Waals surface area contributed by atoms with Crippen molar-refractivity contribution in [2.75, 3.05) is 0 Å². The predicted molar refractivity (Wildman–Crippen MR) is 142 cm³/mol. The average Bonchev–Trinajstić information content (AvgIpc) is 2.72. The first kappa shape index (κ1) is 45.2. The molecule has 7 N–H and O–H groups in total. The Morgan fingerprint density at radius 1 is 0.590 bits per heavy atom. The maximum atomic E-state index is 11.4. The van der Waals surface area contributed by atoms with Gasteiger partial charge in [0, 0.05) is 0 Å². The fourth-order valence-corrected chi connectivity index (χ4v) is 4.39. The minimum atomic E-state index is -5.01. The van der Waals surface area contributed by atoms with Crippen molar-refractivity contribution >= 4 is 99.1 Å². The van der Waals surface area contributed by atoms with Gasteiger partial charge in [0.15, 0.2) is 5.60 Å². The molecule has 1 atom stereocenters. The van der Waals surface area contributed by atoms with Crippen molar-refractivity contribution in [2.24, 2.45) is 0 Å². The molecule has 0 radical (unpaired) electrons. The van der Waals surface area contributed by atoms with Crippen LogP contribution in [0, 0.1) is 0 Å².